The van der Waals surface area contributed by atoms with Crippen molar-refractivity contribution in [2.75, 3.05) is 6.54 Å². The van der Waals surface area contributed by atoms with E-state index in [1.165, 1.54) is 0 Å². The second kappa shape index (κ2) is 7.43. The Bertz CT molecular complexity index is 706. The van der Waals surface area contributed by atoms with Gasteiger partial charge in [-0.3, -0.25) is 0 Å². The molecule has 0 saturated carbocycles. The smallest absolute Gasteiger partial charge is 0.315 e. The number of nitrogens with one attached hydrogen (secondary N) is 2. The number of hydrogen-bond donors (Lipinski definition) is 3. The first-order valence-electron chi connectivity index (χ1n) is 7.30. The Morgan fingerprint density at radius 1 is 1.17 bits per heavy atom. The van der Waals surface area contributed by atoms with Gasteiger partial charge in [0, 0.05) is 6.54 Å². The zero-order valence-corrected chi connectivity index (χ0v) is 12.9. The molecule has 0 aliphatic rings. The van der Waals surface area contributed by atoms with Crippen LogP contribution in [0.25, 0.3) is 0 Å². The summed E-state index contributed by atoms with van der Waals surface area (Å²) >= 11 is 0. The SMILES string of the molecule is C[C@@](O)(CNC(=O)NCc1cccc(C#N)c1)c1ccccc1. The highest BCUT2D eigenvalue weighted by Gasteiger charge is 2.23. The van der Waals surface area contributed by atoms with Crippen molar-refractivity contribution in [1.29, 1.82) is 5.26 Å². The lowest BCUT2D eigenvalue weighted by Crippen LogP contribution is -2.43. The fourth-order valence-corrected chi connectivity index (χ4v) is 2.15. The van der Waals surface area contributed by atoms with Gasteiger partial charge in [0.1, 0.15) is 5.60 Å². The molecule has 0 unspecified atom stereocenters. The number of rotatable bonds is 5. The van der Waals surface area contributed by atoms with Crippen molar-refractivity contribution in [3.05, 3.63) is 71.3 Å². The summed E-state index contributed by atoms with van der Waals surface area (Å²) in [5.41, 5.74) is 0.993. The highest BCUT2D eigenvalue weighted by atomic mass is 16.3. The maximum Gasteiger partial charge on any atom is 0.315 e. The van der Waals surface area contributed by atoms with Crippen LogP contribution in [0.15, 0.2) is 54.6 Å². The van der Waals surface area contributed by atoms with Crippen LogP contribution in [-0.4, -0.2) is 17.7 Å². The van der Waals surface area contributed by atoms with Gasteiger partial charge in [0.25, 0.3) is 0 Å². The molecule has 5 nitrogen and oxygen atoms in total. The highest BCUT2D eigenvalue weighted by molar-refractivity contribution is 5.73. The summed E-state index contributed by atoms with van der Waals surface area (Å²) in [6.45, 7) is 2.06. The third kappa shape index (κ3) is 4.83. The summed E-state index contributed by atoms with van der Waals surface area (Å²) in [5, 5.41) is 24.6. The molecule has 0 radical (unpaired) electrons. The van der Waals surface area contributed by atoms with Crippen LogP contribution in [-0.2, 0) is 12.1 Å². The molecular weight excluding hydrogens is 290 g/mol. The first-order chi connectivity index (χ1) is 11.0. The number of nitriles is 1. The van der Waals surface area contributed by atoms with E-state index in [4.69, 9.17) is 5.26 Å². The Morgan fingerprint density at radius 2 is 1.91 bits per heavy atom. The highest BCUT2D eigenvalue weighted by Crippen LogP contribution is 2.18. The minimum absolute atomic E-state index is 0.0983. The van der Waals surface area contributed by atoms with Gasteiger partial charge in [-0.25, -0.2) is 4.79 Å². The minimum atomic E-state index is -1.14. The van der Waals surface area contributed by atoms with Gasteiger partial charge >= 0.3 is 6.03 Å². The van der Waals surface area contributed by atoms with Crippen LogP contribution >= 0.6 is 0 Å². The van der Waals surface area contributed by atoms with Crippen LogP contribution < -0.4 is 10.6 Å². The van der Waals surface area contributed by atoms with Gasteiger partial charge in [0.2, 0.25) is 0 Å². The standard InChI is InChI=1S/C18H19N3O2/c1-18(23,16-8-3-2-4-9-16)13-21-17(22)20-12-15-7-5-6-14(10-15)11-19/h2-10,23H,12-13H2,1H3,(H2,20,21,22)/t18-/m1/s1. The molecule has 118 valence electrons. The molecule has 0 heterocycles. The van der Waals surface area contributed by atoms with E-state index < -0.39 is 5.60 Å². The molecule has 2 amide bonds. The van der Waals surface area contributed by atoms with E-state index in [-0.39, 0.29) is 12.6 Å². The van der Waals surface area contributed by atoms with Crippen molar-refractivity contribution >= 4 is 6.03 Å². The van der Waals surface area contributed by atoms with Crippen LogP contribution in [0, 0.1) is 11.3 Å². The van der Waals surface area contributed by atoms with Crippen LogP contribution in [0.1, 0.15) is 23.6 Å². The quantitative estimate of drug-likeness (QED) is 0.792. The second-order valence-corrected chi connectivity index (χ2v) is 5.49. The maximum atomic E-state index is 11.9. The third-order valence-electron chi connectivity index (χ3n) is 3.50. The van der Waals surface area contributed by atoms with E-state index in [0.717, 1.165) is 11.1 Å². The summed E-state index contributed by atoms with van der Waals surface area (Å²) in [6.07, 6.45) is 0. The molecule has 2 aromatic rings. The van der Waals surface area contributed by atoms with Crippen molar-refractivity contribution in [1.82, 2.24) is 10.6 Å². The molecule has 0 aromatic heterocycles. The predicted molar refractivity (Wildman–Crippen MR) is 87.4 cm³/mol. The van der Waals surface area contributed by atoms with Crippen LogP contribution in [0.3, 0.4) is 0 Å². The number of amides is 2. The fraction of sp³-hybridized carbons (Fsp3) is 0.222. The summed E-state index contributed by atoms with van der Waals surface area (Å²) < 4.78 is 0. The monoisotopic (exact) mass is 309 g/mol. The lowest BCUT2D eigenvalue weighted by atomic mass is 9.96. The number of nitrogens with zero attached hydrogens (tertiary/aromatic N) is 1. The summed E-state index contributed by atoms with van der Waals surface area (Å²) in [4.78, 5) is 11.9. The summed E-state index contributed by atoms with van der Waals surface area (Å²) in [5.74, 6) is 0. The fourth-order valence-electron chi connectivity index (χ4n) is 2.15. The number of carbonyl (C=O) groups excluding carboxylic acids is 1. The molecule has 23 heavy (non-hydrogen) atoms. The van der Waals surface area contributed by atoms with Gasteiger partial charge in [0.05, 0.1) is 18.2 Å². The Hall–Kier alpha value is -2.84. The maximum absolute atomic E-state index is 11.9. The van der Waals surface area contributed by atoms with E-state index in [1.807, 2.05) is 36.4 Å². The van der Waals surface area contributed by atoms with Gasteiger partial charge in [-0.1, -0.05) is 42.5 Å². The number of aliphatic hydroxyl groups is 1. The van der Waals surface area contributed by atoms with E-state index in [1.54, 1.807) is 25.1 Å². The lowest BCUT2D eigenvalue weighted by molar-refractivity contribution is 0.0594. The lowest BCUT2D eigenvalue weighted by Gasteiger charge is -2.24. The summed E-state index contributed by atoms with van der Waals surface area (Å²) in [7, 11) is 0. The average Bonchev–Trinajstić information content (AvgIpc) is 2.59. The van der Waals surface area contributed by atoms with Crippen molar-refractivity contribution in [2.24, 2.45) is 0 Å². The van der Waals surface area contributed by atoms with E-state index in [2.05, 4.69) is 16.7 Å². The Kier molecular flexibility index (Phi) is 5.34. The first-order valence-corrected chi connectivity index (χ1v) is 7.30. The molecule has 0 aliphatic heterocycles. The summed E-state index contributed by atoms with van der Waals surface area (Å²) in [6, 6.07) is 17.9. The molecule has 3 N–H and O–H groups in total. The van der Waals surface area contributed by atoms with Gasteiger partial charge in [0.15, 0.2) is 0 Å². The Morgan fingerprint density at radius 3 is 2.61 bits per heavy atom. The van der Waals surface area contributed by atoms with E-state index in [9.17, 15) is 9.90 Å². The van der Waals surface area contributed by atoms with E-state index in [0.29, 0.717) is 12.1 Å². The van der Waals surface area contributed by atoms with Gasteiger partial charge in [-0.15, -0.1) is 0 Å². The van der Waals surface area contributed by atoms with Gasteiger partial charge < -0.3 is 15.7 Å². The van der Waals surface area contributed by atoms with Gasteiger partial charge in [-0.05, 0) is 30.2 Å². The van der Waals surface area contributed by atoms with Crippen LogP contribution in [0.4, 0.5) is 4.79 Å². The molecule has 0 spiro atoms. The number of benzene rings is 2. The van der Waals surface area contributed by atoms with Crippen LogP contribution in [0.2, 0.25) is 0 Å². The predicted octanol–water partition coefficient (Wildman–Crippen LogP) is 2.27. The number of hydrogen-bond acceptors (Lipinski definition) is 3. The molecule has 0 saturated heterocycles. The third-order valence-corrected chi connectivity index (χ3v) is 3.50. The first kappa shape index (κ1) is 16.5. The molecule has 2 rings (SSSR count). The van der Waals surface area contributed by atoms with Crippen LogP contribution in [0.5, 0.6) is 0 Å². The van der Waals surface area contributed by atoms with Crippen molar-refractivity contribution < 1.29 is 9.90 Å². The molecule has 2 aromatic carbocycles. The largest absolute Gasteiger partial charge is 0.384 e. The molecule has 0 bridgehead atoms. The molecule has 0 aliphatic carbocycles. The number of urea groups is 1. The Balaban J connectivity index is 1.84. The molecule has 5 heteroatoms. The topological polar surface area (TPSA) is 85.2 Å². The molecule has 1 atom stereocenters. The normalized spacial score (nSPS) is 12.7. The zero-order valence-electron chi connectivity index (χ0n) is 12.9. The van der Waals surface area contributed by atoms with Gasteiger partial charge in [-0.2, -0.15) is 5.26 Å². The molecular formula is C18H19N3O2. The second-order valence-electron chi connectivity index (χ2n) is 5.49. The minimum Gasteiger partial charge on any atom is -0.384 e. The van der Waals surface area contributed by atoms with Crippen molar-refractivity contribution in [3.8, 4) is 6.07 Å². The molecule has 0 fully saturated rings. The number of carbonyl (C=O) groups is 1. The Labute approximate surface area is 135 Å². The van der Waals surface area contributed by atoms with E-state index >= 15 is 0 Å². The zero-order chi connectivity index (χ0) is 16.7. The van der Waals surface area contributed by atoms with Crippen molar-refractivity contribution in [3.63, 3.8) is 0 Å². The van der Waals surface area contributed by atoms with Crippen molar-refractivity contribution in [2.45, 2.75) is 19.1 Å². The average molecular weight is 309 g/mol.